The fourth-order valence-electron chi connectivity index (χ4n) is 5.56. The van der Waals surface area contributed by atoms with Gasteiger partial charge in [0.15, 0.2) is 0 Å². The number of carbonyl (C=O) groups excluding carboxylic acids is 9. The van der Waals surface area contributed by atoms with Gasteiger partial charge in [-0.3, -0.25) is 57.5 Å². The molecular formula is C38H60N12O15. The summed E-state index contributed by atoms with van der Waals surface area (Å²) in [5.74, 6) is -13.8. The standard InChI is InChI=1S/C38H60N12O15/c1-7-16(2)29(37(63)49-25(13-26(40)51)36(62)47-22(8-10-27(52)53)33(59)45-20(6)38(64)65)50-34(60)23(9-11-28(54)55)46-31(57)19(5)44-35(61)24(12-21-14-41-15-42-21)48-32(58)18(4)43-30(56)17(3)39/h14-20,22-25,29H,7-13,39H2,1-6H3,(H2,40,51)(H,41,42)(H,43,56)(H,44,61)(H,45,59)(H,46,57)(H,47,62)(H,48,58)(H,49,63)(H,50,60)(H,52,53)(H,54,55)(H,64,65)/t16-,17-,18-,19-,20-,22-,23-,24-,25-,29-/m0/s1. The van der Waals surface area contributed by atoms with E-state index in [9.17, 15) is 67.7 Å². The lowest BCUT2D eigenvalue weighted by molar-refractivity contribution is -0.142. The Morgan fingerprint density at radius 2 is 1.02 bits per heavy atom. The first-order valence-corrected chi connectivity index (χ1v) is 20.4. The summed E-state index contributed by atoms with van der Waals surface area (Å²) < 4.78 is 0. The van der Waals surface area contributed by atoms with Crippen LogP contribution in [0.3, 0.4) is 0 Å². The first kappa shape index (κ1) is 55.8. The van der Waals surface area contributed by atoms with Gasteiger partial charge in [0.25, 0.3) is 0 Å². The Balaban J connectivity index is 3.32. The molecule has 0 aromatic carbocycles. The molecular weight excluding hydrogens is 864 g/mol. The number of imidazole rings is 1. The van der Waals surface area contributed by atoms with E-state index in [-0.39, 0.29) is 12.8 Å². The fraction of sp³-hybridized carbons (Fsp3) is 0.605. The highest BCUT2D eigenvalue weighted by molar-refractivity contribution is 5.99. The minimum Gasteiger partial charge on any atom is -0.481 e. The number of H-pyrrole nitrogens is 1. The van der Waals surface area contributed by atoms with E-state index >= 15 is 0 Å². The van der Waals surface area contributed by atoms with Crippen LogP contribution in [0.1, 0.15) is 85.8 Å². The summed E-state index contributed by atoms with van der Waals surface area (Å²) in [4.78, 5) is 159. The molecule has 0 spiro atoms. The molecule has 0 saturated carbocycles. The van der Waals surface area contributed by atoms with E-state index in [4.69, 9.17) is 16.6 Å². The van der Waals surface area contributed by atoms with Crippen LogP contribution in [0.4, 0.5) is 0 Å². The Kier molecular flexibility index (Phi) is 23.3. The van der Waals surface area contributed by atoms with Crippen molar-refractivity contribution < 1.29 is 72.9 Å². The average Bonchev–Trinajstić information content (AvgIpc) is 3.74. The van der Waals surface area contributed by atoms with Crippen LogP contribution in [-0.4, -0.2) is 151 Å². The molecule has 362 valence electrons. The summed E-state index contributed by atoms with van der Waals surface area (Å²) in [6.45, 7) is 8.22. The van der Waals surface area contributed by atoms with E-state index in [2.05, 4.69) is 52.5 Å². The number of rotatable bonds is 29. The second-order valence-electron chi connectivity index (χ2n) is 15.3. The molecule has 1 heterocycles. The van der Waals surface area contributed by atoms with Crippen LogP contribution < -0.4 is 54.0 Å². The van der Waals surface area contributed by atoms with E-state index < -0.39 is 163 Å². The number of hydrogen-bond donors (Lipinski definition) is 14. The molecule has 0 bridgehead atoms. The zero-order chi connectivity index (χ0) is 49.7. The molecule has 16 N–H and O–H groups in total. The molecule has 0 aliphatic heterocycles. The zero-order valence-corrected chi connectivity index (χ0v) is 36.7. The number of aliphatic carboxylic acids is 3. The van der Waals surface area contributed by atoms with Gasteiger partial charge in [-0.25, -0.2) is 4.98 Å². The van der Waals surface area contributed by atoms with Crippen molar-refractivity contribution in [2.45, 2.75) is 141 Å². The van der Waals surface area contributed by atoms with Crippen molar-refractivity contribution in [2.24, 2.45) is 17.4 Å². The monoisotopic (exact) mass is 924 g/mol. The van der Waals surface area contributed by atoms with Gasteiger partial charge < -0.3 is 74.3 Å². The summed E-state index contributed by atoms with van der Waals surface area (Å²) >= 11 is 0. The summed E-state index contributed by atoms with van der Waals surface area (Å²) in [5, 5.41) is 46.3. The highest BCUT2D eigenvalue weighted by Gasteiger charge is 2.36. The van der Waals surface area contributed by atoms with E-state index in [0.29, 0.717) is 5.69 Å². The number of nitrogens with one attached hydrogen (secondary N) is 9. The number of carboxylic acid groups (broad SMARTS) is 3. The maximum atomic E-state index is 13.8. The lowest BCUT2D eigenvalue weighted by Crippen LogP contribution is -2.61. The number of carbonyl (C=O) groups is 12. The fourth-order valence-corrected chi connectivity index (χ4v) is 5.56. The topological polar surface area (TPSA) is 442 Å². The number of primary amides is 1. The van der Waals surface area contributed by atoms with Crippen molar-refractivity contribution in [3.63, 3.8) is 0 Å². The van der Waals surface area contributed by atoms with Gasteiger partial charge in [-0.2, -0.15) is 0 Å². The van der Waals surface area contributed by atoms with Gasteiger partial charge >= 0.3 is 17.9 Å². The number of amides is 9. The van der Waals surface area contributed by atoms with Crippen LogP contribution in [0.15, 0.2) is 12.5 Å². The Morgan fingerprint density at radius 3 is 1.46 bits per heavy atom. The maximum absolute atomic E-state index is 13.8. The Morgan fingerprint density at radius 1 is 0.585 bits per heavy atom. The van der Waals surface area contributed by atoms with Crippen molar-refractivity contribution in [2.75, 3.05) is 0 Å². The van der Waals surface area contributed by atoms with Crippen molar-refractivity contribution in [3.05, 3.63) is 18.2 Å². The minimum absolute atomic E-state index is 0.156. The molecule has 0 aliphatic rings. The molecule has 0 unspecified atom stereocenters. The first-order valence-electron chi connectivity index (χ1n) is 20.4. The molecule has 9 amide bonds. The second kappa shape index (κ2) is 27.1. The van der Waals surface area contributed by atoms with Crippen molar-refractivity contribution in [1.29, 1.82) is 0 Å². The second-order valence-corrected chi connectivity index (χ2v) is 15.3. The van der Waals surface area contributed by atoms with Gasteiger partial charge in [0.2, 0.25) is 53.2 Å². The third-order valence-electron chi connectivity index (χ3n) is 9.65. The van der Waals surface area contributed by atoms with Crippen molar-refractivity contribution >= 4 is 71.1 Å². The van der Waals surface area contributed by atoms with Crippen LogP contribution in [0, 0.1) is 5.92 Å². The predicted octanol–water partition coefficient (Wildman–Crippen LogP) is -5.03. The lowest BCUT2D eigenvalue weighted by atomic mass is 9.96. The van der Waals surface area contributed by atoms with E-state index in [1.165, 1.54) is 40.2 Å². The van der Waals surface area contributed by atoms with Gasteiger partial charge in [0.1, 0.15) is 48.3 Å². The number of carboxylic acids is 3. The largest absolute Gasteiger partial charge is 0.481 e. The summed E-state index contributed by atoms with van der Waals surface area (Å²) in [5.41, 5.74) is 11.3. The number of nitrogens with two attached hydrogens (primary N) is 2. The van der Waals surface area contributed by atoms with E-state index in [1.807, 2.05) is 0 Å². The molecule has 1 aromatic heterocycles. The molecule has 27 heteroatoms. The molecule has 0 aliphatic carbocycles. The molecule has 0 fully saturated rings. The molecule has 27 nitrogen and oxygen atoms in total. The van der Waals surface area contributed by atoms with Crippen LogP contribution >= 0.6 is 0 Å². The van der Waals surface area contributed by atoms with E-state index in [0.717, 1.165) is 6.92 Å². The number of aromatic nitrogens is 2. The normalized spacial score (nSPS) is 15.5. The third-order valence-corrected chi connectivity index (χ3v) is 9.65. The SMILES string of the molecule is CC[C@H](C)[C@H](NC(=O)[C@H](CCC(=O)O)NC(=O)[C@H](C)NC(=O)[C@H](Cc1cnc[nH]1)NC(=O)[C@H](C)NC(=O)[C@H](C)N)C(=O)N[C@@H](CC(N)=O)C(=O)N[C@@H](CCC(=O)O)C(=O)N[C@@H](C)C(=O)O. The van der Waals surface area contributed by atoms with Crippen molar-refractivity contribution in [1.82, 2.24) is 52.5 Å². The van der Waals surface area contributed by atoms with Crippen molar-refractivity contribution in [3.8, 4) is 0 Å². The smallest absolute Gasteiger partial charge is 0.325 e. The van der Waals surface area contributed by atoms with Crippen LogP contribution in [0.5, 0.6) is 0 Å². The van der Waals surface area contributed by atoms with Gasteiger partial charge in [-0.05, 0) is 46.5 Å². The minimum atomic E-state index is -1.83. The molecule has 65 heavy (non-hydrogen) atoms. The van der Waals surface area contributed by atoms with Gasteiger partial charge in [-0.15, -0.1) is 0 Å². The Hall–Kier alpha value is -7.19. The maximum Gasteiger partial charge on any atom is 0.325 e. The molecule has 1 rings (SSSR count). The number of hydrogen-bond acceptors (Lipinski definition) is 14. The Labute approximate surface area is 372 Å². The summed E-state index contributed by atoms with van der Waals surface area (Å²) in [7, 11) is 0. The summed E-state index contributed by atoms with van der Waals surface area (Å²) in [6.07, 6.45) is -0.523. The predicted molar refractivity (Wildman–Crippen MR) is 223 cm³/mol. The van der Waals surface area contributed by atoms with Gasteiger partial charge in [0, 0.05) is 31.2 Å². The molecule has 0 saturated heterocycles. The summed E-state index contributed by atoms with van der Waals surface area (Å²) in [6, 6.07) is -13.0. The zero-order valence-electron chi connectivity index (χ0n) is 36.7. The third kappa shape index (κ3) is 20.2. The molecule has 0 radical (unpaired) electrons. The number of nitrogens with zero attached hydrogens (tertiary/aromatic N) is 1. The molecule has 1 aromatic rings. The van der Waals surface area contributed by atoms with Crippen LogP contribution in [0.2, 0.25) is 0 Å². The first-order chi connectivity index (χ1) is 30.3. The lowest BCUT2D eigenvalue weighted by Gasteiger charge is -2.29. The highest BCUT2D eigenvalue weighted by Crippen LogP contribution is 2.12. The highest BCUT2D eigenvalue weighted by atomic mass is 16.4. The Bertz CT molecular complexity index is 1890. The van der Waals surface area contributed by atoms with Gasteiger partial charge in [-0.1, -0.05) is 20.3 Å². The van der Waals surface area contributed by atoms with Crippen LogP contribution in [0.25, 0.3) is 0 Å². The average molecular weight is 925 g/mol. The quantitative estimate of drug-likeness (QED) is 0.0358. The van der Waals surface area contributed by atoms with Crippen LogP contribution in [-0.2, 0) is 64.0 Å². The number of aromatic amines is 1. The van der Waals surface area contributed by atoms with Gasteiger partial charge in [0.05, 0.1) is 18.8 Å². The molecule has 10 atom stereocenters. The van der Waals surface area contributed by atoms with E-state index in [1.54, 1.807) is 6.92 Å².